The Bertz CT molecular complexity index is 1190. The standard InChI is InChI=1S/C23H22N4O3S/c28-18-6-8-26(9-7-18)13-15-2-1-3-17(10-15)19-12-24-21-5-4-16(14-27(19)21)11-20-22(29)25-23(30)31-20/h1-5,10-12,14,18,28H,6-9,13H2,(H,25,29,30)/b20-11-. The van der Waals surface area contributed by atoms with Crippen molar-refractivity contribution >= 4 is 34.6 Å². The lowest BCUT2D eigenvalue weighted by atomic mass is 10.0. The Morgan fingerprint density at radius 3 is 2.81 bits per heavy atom. The molecule has 0 atom stereocenters. The van der Waals surface area contributed by atoms with Crippen LogP contribution in [0.5, 0.6) is 0 Å². The molecule has 0 unspecified atom stereocenters. The Hall–Kier alpha value is -2.94. The van der Waals surface area contributed by atoms with E-state index in [0.717, 1.165) is 66.7 Å². The average molecular weight is 435 g/mol. The van der Waals surface area contributed by atoms with E-state index in [1.54, 1.807) is 6.08 Å². The minimum Gasteiger partial charge on any atom is -0.393 e. The van der Waals surface area contributed by atoms with Crippen molar-refractivity contribution in [1.82, 2.24) is 19.6 Å². The number of thioether (sulfide) groups is 1. The topological polar surface area (TPSA) is 86.9 Å². The molecule has 0 aliphatic carbocycles. The van der Waals surface area contributed by atoms with Crippen molar-refractivity contribution in [3.8, 4) is 11.3 Å². The highest BCUT2D eigenvalue weighted by Crippen LogP contribution is 2.27. The number of hydrogen-bond acceptors (Lipinski definition) is 6. The van der Waals surface area contributed by atoms with Crippen LogP contribution in [0.4, 0.5) is 4.79 Å². The number of benzene rings is 1. The summed E-state index contributed by atoms with van der Waals surface area (Å²) in [6, 6.07) is 12.2. The number of aromatic nitrogens is 2. The molecular formula is C23H22N4O3S. The van der Waals surface area contributed by atoms with Crippen LogP contribution < -0.4 is 5.32 Å². The van der Waals surface area contributed by atoms with Crippen molar-refractivity contribution in [2.75, 3.05) is 13.1 Å². The van der Waals surface area contributed by atoms with Crippen LogP contribution in [-0.4, -0.2) is 49.7 Å². The van der Waals surface area contributed by atoms with E-state index in [1.807, 2.05) is 28.9 Å². The molecule has 8 heteroatoms. The first kappa shape index (κ1) is 20.0. The van der Waals surface area contributed by atoms with Crippen molar-refractivity contribution in [3.63, 3.8) is 0 Å². The van der Waals surface area contributed by atoms with Gasteiger partial charge in [0.2, 0.25) is 0 Å². The molecule has 0 radical (unpaired) electrons. The second kappa shape index (κ2) is 8.30. The second-order valence-electron chi connectivity index (χ2n) is 7.89. The smallest absolute Gasteiger partial charge is 0.290 e. The van der Waals surface area contributed by atoms with Crippen molar-refractivity contribution in [1.29, 1.82) is 0 Å². The molecule has 4 heterocycles. The number of likely N-dealkylation sites (tertiary alicyclic amines) is 1. The van der Waals surface area contributed by atoms with E-state index < -0.39 is 0 Å². The number of rotatable bonds is 4. The van der Waals surface area contributed by atoms with Crippen molar-refractivity contribution in [2.45, 2.75) is 25.5 Å². The Kier molecular flexibility index (Phi) is 5.35. The summed E-state index contributed by atoms with van der Waals surface area (Å²) in [5.74, 6) is -0.362. The third kappa shape index (κ3) is 4.27. The van der Waals surface area contributed by atoms with Crippen LogP contribution >= 0.6 is 11.8 Å². The maximum absolute atomic E-state index is 11.9. The van der Waals surface area contributed by atoms with Gasteiger partial charge in [-0.1, -0.05) is 18.2 Å². The van der Waals surface area contributed by atoms with E-state index in [1.165, 1.54) is 5.56 Å². The van der Waals surface area contributed by atoms with Gasteiger partial charge in [0, 0.05) is 31.4 Å². The Labute approximate surface area is 183 Å². The molecule has 3 aromatic rings. The SMILES string of the molecule is O=C1NC(=O)/C(=C/c2ccc3ncc(-c4cccc(CN5CCC(O)CC5)c4)n3c2)S1. The highest BCUT2D eigenvalue weighted by molar-refractivity contribution is 8.18. The molecular weight excluding hydrogens is 412 g/mol. The molecule has 2 N–H and O–H groups in total. The minimum atomic E-state index is -0.362. The molecule has 2 amide bonds. The molecule has 0 bridgehead atoms. The lowest BCUT2D eigenvalue weighted by molar-refractivity contribution is -0.115. The van der Waals surface area contributed by atoms with Crippen LogP contribution in [0.3, 0.4) is 0 Å². The van der Waals surface area contributed by atoms with Gasteiger partial charge in [0.1, 0.15) is 5.65 Å². The molecule has 5 rings (SSSR count). The molecule has 158 valence electrons. The van der Waals surface area contributed by atoms with Crippen molar-refractivity contribution in [2.24, 2.45) is 0 Å². The zero-order chi connectivity index (χ0) is 21.4. The molecule has 31 heavy (non-hydrogen) atoms. The van der Waals surface area contributed by atoms with Gasteiger partial charge >= 0.3 is 0 Å². The quantitative estimate of drug-likeness (QED) is 0.613. The predicted molar refractivity (Wildman–Crippen MR) is 120 cm³/mol. The largest absolute Gasteiger partial charge is 0.393 e. The van der Waals surface area contributed by atoms with Gasteiger partial charge in [-0.25, -0.2) is 4.98 Å². The summed E-state index contributed by atoms with van der Waals surface area (Å²) in [4.78, 5) is 30.5. The van der Waals surface area contributed by atoms with Crippen molar-refractivity contribution in [3.05, 3.63) is 64.8 Å². The first-order valence-electron chi connectivity index (χ1n) is 10.3. The maximum Gasteiger partial charge on any atom is 0.290 e. The highest BCUT2D eigenvalue weighted by Gasteiger charge is 2.25. The number of carbonyl (C=O) groups excluding carboxylic acids is 2. The number of nitrogens with one attached hydrogen (secondary N) is 1. The van der Waals surface area contributed by atoms with Crippen LogP contribution in [0, 0.1) is 0 Å². The van der Waals surface area contributed by atoms with E-state index in [9.17, 15) is 14.7 Å². The normalized spacial score (nSPS) is 19.5. The average Bonchev–Trinajstić information content (AvgIpc) is 3.32. The first-order valence-corrected chi connectivity index (χ1v) is 11.1. The minimum absolute atomic E-state index is 0.170. The molecule has 2 saturated heterocycles. The molecule has 1 aromatic carbocycles. The molecule has 0 spiro atoms. The highest BCUT2D eigenvalue weighted by atomic mass is 32.2. The number of aliphatic hydroxyl groups is 1. The predicted octanol–water partition coefficient (Wildman–Crippen LogP) is 3.28. The number of piperidine rings is 1. The van der Waals surface area contributed by atoms with E-state index in [-0.39, 0.29) is 17.3 Å². The third-order valence-corrected chi connectivity index (χ3v) is 6.46. The number of hydrogen-bond donors (Lipinski definition) is 2. The van der Waals surface area contributed by atoms with Crippen LogP contribution in [0.2, 0.25) is 0 Å². The van der Waals surface area contributed by atoms with Gasteiger partial charge in [-0.3, -0.25) is 24.2 Å². The van der Waals surface area contributed by atoms with Gasteiger partial charge in [0.25, 0.3) is 11.1 Å². The fourth-order valence-corrected chi connectivity index (χ4v) is 4.72. The second-order valence-corrected chi connectivity index (χ2v) is 8.91. The van der Waals surface area contributed by atoms with Gasteiger partial charge in [0.15, 0.2) is 0 Å². The Morgan fingerprint density at radius 2 is 2.03 bits per heavy atom. The summed E-state index contributed by atoms with van der Waals surface area (Å²) in [5, 5.41) is 11.7. The summed E-state index contributed by atoms with van der Waals surface area (Å²) in [7, 11) is 0. The molecule has 2 aliphatic rings. The van der Waals surface area contributed by atoms with E-state index in [0.29, 0.717) is 4.91 Å². The lowest BCUT2D eigenvalue weighted by Gasteiger charge is -2.29. The van der Waals surface area contributed by atoms with E-state index in [2.05, 4.69) is 39.5 Å². The Morgan fingerprint density at radius 1 is 1.19 bits per heavy atom. The van der Waals surface area contributed by atoms with E-state index in [4.69, 9.17) is 0 Å². The van der Waals surface area contributed by atoms with Crippen LogP contribution in [0.1, 0.15) is 24.0 Å². The van der Waals surface area contributed by atoms with Gasteiger partial charge in [0.05, 0.1) is 22.9 Å². The summed E-state index contributed by atoms with van der Waals surface area (Å²) < 4.78 is 2.00. The molecule has 2 aromatic heterocycles. The maximum atomic E-state index is 11.9. The van der Waals surface area contributed by atoms with Gasteiger partial charge in [-0.05, 0) is 60.0 Å². The summed E-state index contributed by atoms with van der Waals surface area (Å²) in [6.07, 6.45) is 6.98. The van der Waals surface area contributed by atoms with Crippen LogP contribution in [-0.2, 0) is 11.3 Å². The third-order valence-electron chi connectivity index (χ3n) is 5.65. The van der Waals surface area contributed by atoms with Gasteiger partial charge in [-0.15, -0.1) is 0 Å². The number of pyridine rings is 1. The van der Waals surface area contributed by atoms with E-state index >= 15 is 0 Å². The monoisotopic (exact) mass is 434 g/mol. The lowest BCUT2D eigenvalue weighted by Crippen LogP contribution is -2.35. The number of aliphatic hydroxyl groups excluding tert-OH is 1. The zero-order valence-corrected chi connectivity index (χ0v) is 17.6. The Balaban J connectivity index is 1.43. The first-order chi connectivity index (χ1) is 15.0. The summed E-state index contributed by atoms with van der Waals surface area (Å²) in [6.45, 7) is 2.68. The van der Waals surface area contributed by atoms with Crippen molar-refractivity contribution < 1.29 is 14.7 Å². The number of imide groups is 1. The summed E-state index contributed by atoms with van der Waals surface area (Å²) in [5.41, 5.74) is 4.88. The number of fused-ring (bicyclic) bond motifs is 1. The van der Waals surface area contributed by atoms with Gasteiger partial charge < -0.3 is 5.11 Å². The molecule has 2 aliphatic heterocycles. The molecule has 2 fully saturated rings. The molecule has 7 nitrogen and oxygen atoms in total. The number of amides is 2. The number of carbonyl (C=O) groups is 2. The fourth-order valence-electron chi connectivity index (χ4n) is 4.03. The summed E-state index contributed by atoms with van der Waals surface area (Å²) >= 11 is 0.911. The number of nitrogens with zero attached hydrogens (tertiary/aromatic N) is 3. The number of imidazole rings is 1. The zero-order valence-electron chi connectivity index (χ0n) is 16.8. The fraction of sp³-hybridized carbons (Fsp3) is 0.261. The van der Waals surface area contributed by atoms with Gasteiger partial charge in [-0.2, -0.15) is 0 Å². The molecule has 0 saturated carbocycles. The van der Waals surface area contributed by atoms with Crippen LogP contribution in [0.15, 0.2) is 53.7 Å². The van der Waals surface area contributed by atoms with Crippen LogP contribution in [0.25, 0.3) is 23.0 Å².